The Hall–Kier alpha value is -0.940. The van der Waals surface area contributed by atoms with Crippen LogP contribution in [0.3, 0.4) is 0 Å². The monoisotopic (exact) mass is 274 g/mol. The lowest BCUT2D eigenvalue weighted by atomic mass is 9.90. The Balaban J connectivity index is 2.81. The Labute approximate surface area is 108 Å². The molecule has 0 aliphatic heterocycles. The van der Waals surface area contributed by atoms with E-state index in [1.807, 2.05) is 13.8 Å². The largest absolute Gasteiger partial charge is 0.390 e. The van der Waals surface area contributed by atoms with Crippen LogP contribution in [-0.4, -0.2) is 24.9 Å². The van der Waals surface area contributed by atoms with Crippen LogP contribution in [0.1, 0.15) is 27.2 Å². The van der Waals surface area contributed by atoms with Gasteiger partial charge in [0.1, 0.15) is 5.82 Å². The zero-order valence-electron chi connectivity index (χ0n) is 10.9. The van der Waals surface area contributed by atoms with Gasteiger partial charge in [-0.05, 0) is 43.5 Å². The molecule has 0 amide bonds. The van der Waals surface area contributed by atoms with Crippen molar-refractivity contribution in [3.63, 3.8) is 0 Å². The molecule has 102 valence electrons. The molecule has 0 heterocycles. The standard InChI is InChI=1S/C13H19FO3S/c1-10(2)13(3,15)8-9-18(16,17)12-6-4-11(14)5-7-12/h4-7,10,15H,8-9H2,1-3H3. The molecule has 18 heavy (non-hydrogen) atoms. The lowest BCUT2D eigenvalue weighted by Crippen LogP contribution is -2.33. The van der Waals surface area contributed by atoms with Crippen LogP contribution in [0.4, 0.5) is 4.39 Å². The number of benzene rings is 1. The molecule has 0 aliphatic carbocycles. The first kappa shape index (κ1) is 15.1. The fourth-order valence-electron chi connectivity index (χ4n) is 1.39. The molecule has 1 unspecified atom stereocenters. The van der Waals surface area contributed by atoms with Crippen molar-refractivity contribution in [2.24, 2.45) is 5.92 Å². The fourth-order valence-corrected chi connectivity index (χ4v) is 2.86. The van der Waals surface area contributed by atoms with Gasteiger partial charge in [-0.2, -0.15) is 0 Å². The average molecular weight is 274 g/mol. The summed E-state index contributed by atoms with van der Waals surface area (Å²) in [4.78, 5) is 0.0865. The van der Waals surface area contributed by atoms with Gasteiger partial charge in [-0.15, -0.1) is 0 Å². The topological polar surface area (TPSA) is 54.4 Å². The minimum atomic E-state index is -3.47. The van der Waals surface area contributed by atoms with Crippen molar-refractivity contribution in [2.75, 3.05) is 5.75 Å². The molecule has 1 aromatic rings. The molecule has 1 atom stereocenters. The summed E-state index contributed by atoms with van der Waals surface area (Å²) in [5, 5.41) is 10.0. The second kappa shape index (κ2) is 5.36. The Morgan fingerprint density at radius 1 is 1.28 bits per heavy atom. The predicted octanol–water partition coefficient (Wildman–Crippen LogP) is 2.40. The van der Waals surface area contributed by atoms with E-state index in [0.717, 1.165) is 12.1 Å². The van der Waals surface area contributed by atoms with Gasteiger partial charge in [0.25, 0.3) is 0 Å². The van der Waals surface area contributed by atoms with Gasteiger partial charge < -0.3 is 5.11 Å². The van der Waals surface area contributed by atoms with Crippen LogP contribution in [0.25, 0.3) is 0 Å². The molecule has 3 nitrogen and oxygen atoms in total. The van der Waals surface area contributed by atoms with Gasteiger partial charge in [-0.25, -0.2) is 12.8 Å². The summed E-state index contributed by atoms with van der Waals surface area (Å²) < 4.78 is 36.7. The lowest BCUT2D eigenvalue weighted by molar-refractivity contribution is 0.0107. The highest BCUT2D eigenvalue weighted by atomic mass is 32.2. The number of hydrogen-bond donors (Lipinski definition) is 1. The third-order valence-corrected chi connectivity index (χ3v) is 5.03. The summed E-state index contributed by atoms with van der Waals surface area (Å²) in [7, 11) is -3.47. The normalized spacial score (nSPS) is 15.7. The highest BCUT2D eigenvalue weighted by Gasteiger charge is 2.27. The van der Waals surface area contributed by atoms with Crippen LogP contribution in [0, 0.1) is 11.7 Å². The van der Waals surface area contributed by atoms with Gasteiger partial charge in [-0.1, -0.05) is 13.8 Å². The summed E-state index contributed by atoms with van der Waals surface area (Å²) >= 11 is 0. The molecule has 1 rings (SSSR count). The maximum atomic E-state index is 12.7. The second-order valence-corrected chi connectivity index (χ2v) is 7.14. The zero-order chi connectivity index (χ0) is 14.0. The Morgan fingerprint density at radius 2 is 1.78 bits per heavy atom. The average Bonchev–Trinajstić information content (AvgIpc) is 2.27. The van der Waals surface area contributed by atoms with Crippen molar-refractivity contribution in [3.05, 3.63) is 30.1 Å². The third-order valence-electron chi connectivity index (χ3n) is 3.29. The van der Waals surface area contributed by atoms with Crippen LogP contribution in [0.5, 0.6) is 0 Å². The summed E-state index contributed by atoms with van der Waals surface area (Å²) in [6.07, 6.45) is 0.157. The molecule has 0 saturated carbocycles. The van der Waals surface area contributed by atoms with Crippen LogP contribution < -0.4 is 0 Å². The summed E-state index contributed by atoms with van der Waals surface area (Å²) in [5.41, 5.74) is -1.02. The van der Waals surface area contributed by atoms with Crippen LogP contribution >= 0.6 is 0 Å². The van der Waals surface area contributed by atoms with Crippen molar-refractivity contribution < 1.29 is 17.9 Å². The maximum absolute atomic E-state index is 12.7. The Bertz CT molecular complexity index is 489. The minimum absolute atomic E-state index is 0.0269. The smallest absolute Gasteiger partial charge is 0.178 e. The molecule has 0 aliphatic rings. The van der Waals surface area contributed by atoms with E-state index in [4.69, 9.17) is 0 Å². The van der Waals surface area contributed by atoms with Crippen LogP contribution in [0.15, 0.2) is 29.2 Å². The highest BCUT2D eigenvalue weighted by molar-refractivity contribution is 7.91. The molecule has 0 spiro atoms. The quantitative estimate of drug-likeness (QED) is 0.839. The summed E-state index contributed by atoms with van der Waals surface area (Å²) in [6, 6.07) is 4.73. The van der Waals surface area contributed by atoms with Gasteiger partial charge in [-0.3, -0.25) is 0 Å². The first-order chi connectivity index (χ1) is 8.15. The van der Waals surface area contributed by atoms with Gasteiger partial charge in [0.05, 0.1) is 16.2 Å². The van der Waals surface area contributed by atoms with E-state index in [2.05, 4.69) is 0 Å². The number of halogens is 1. The summed E-state index contributed by atoms with van der Waals surface area (Å²) in [5.74, 6) is -0.645. The van der Waals surface area contributed by atoms with Gasteiger partial charge in [0, 0.05) is 0 Å². The second-order valence-electron chi connectivity index (χ2n) is 5.03. The molecule has 0 bridgehead atoms. The first-order valence-electron chi connectivity index (χ1n) is 5.86. The molecule has 1 aromatic carbocycles. The molecule has 0 fully saturated rings. The van der Waals surface area contributed by atoms with E-state index in [1.165, 1.54) is 12.1 Å². The third kappa shape index (κ3) is 3.78. The zero-order valence-corrected chi connectivity index (χ0v) is 11.7. The molecule has 5 heteroatoms. The van der Waals surface area contributed by atoms with E-state index < -0.39 is 21.3 Å². The van der Waals surface area contributed by atoms with Gasteiger partial charge >= 0.3 is 0 Å². The van der Waals surface area contributed by atoms with Crippen molar-refractivity contribution in [3.8, 4) is 0 Å². The van der Waals surface area contributed by atoms with E-state index in [0.29, 0.717) is 0 Å². The number of rotatable bonds is 5. The van der Waals surface area contributed by atoms with Gasteiger partial charge in [0.15, 0.2) is 9.84 Å². The molecular weight excluding hydrogens is 255 g/mol. The molecular formula is C13H19FO3S. The lowest BCUT2D eigenvalue weighted by Gasteiger charge is -2.27. The maximum Gasteiger partial charge on any atom is 0.178 e. The SMILES string of the molecule is CC(C)C(C)(O)CCS(=O)(=O)c1ccc(F)cc1. The fraction of sp³-hybridized carbons (Fsp3) is 0.538. The van der Waals surface area contributed by atoms with Gasteiger partial charge in [0.2, 0.25) is 0 Å². The van der Waals surface area contributed by atoms with Crippen molar-refractivity contribution >= 4 is 9.84 Å². The molecule has 0 aromatic heterocycles. The first-order valence-corrected chi connectivity index (χ1v) is 7.51. The van der Waals surface area contributed by atoms with Crippen LogP contribution in [0.2, 0.25) is 0 Å². The minimum Gasteiger partial charge on any atom is -0.390 e. The number of sulfone groups is 1. The number of aliphatic hydroxyl groups is 1. The van der Waals surface area contributed by atoms with E-state index >= 15 is 0 Å². The molecule has 0 saturated heterocycles. The Morgan fingerprint density at radius 3 is 2.22 bits per heavy atom. The summed E-state index contributed by atoms with van der Waals surface area (Å²) in [6.45, 7) is 5.30. The van der Waals surface area contributed by atoms with Crippen molar-refractivity contribution in [1.82, 2.24) is 0 Å². The molecule has 1 N–H and O–H groups in total. The van der Waals surface area contributed by atoms with E-state index in [1.54, 1.807) is 6.92 Å². The highest BCUT2D eigenvalue weighted by Crippen LogP contribution is 2.23. The Kier molecular flexibility index (Phi) is 4.50. The molecule has 0 radical (unpaired) electrons. The predicted molar refractivity (Wildman–Crippen MR) is 68.5 cm³/mol. The van der Waals surface area contributed by atoms with E-state index in [-0.39, 0.29) is 23.0 Å². The van der Waals surface area contributed by atoms with Crippen molar-refractivity contribution in [1.29, 1.82) is 0 Å². The van der Waals surface area contributed by atoms with E-state index in [9.17, 15) is 17.9 Å². The van der Waals surface area contributed by atoms with Crippen molar-refractivity contribution in [2.45, 2.75) is 37.7 Å². The van der Waals surface area contributed by atoms with Crippen LogP contribution in [-0.2, 0) is 9.84 Å². The number of hydrogen-bond acceptors (Lipinski definition) is 3.